The Hall–Kier alpha value is -2.11. The quantitative estimate of drug-likeness (QED) is 0.355. The molecule has 5 nitrogen and oxygen atoms in total. The molecule has 1 aromatic carbocycles. The summed E-state index contributed by atoms with van der Waals surface area (Å²) in [5, 5.41) is 11.1. The number of amides is 1. The molecule has 0 bridgehead atoms. The topological polar surface area (TPSA) is 78.9 Å². The highest BCUT2D eigenvalue weighted by Crippen LogP contribution is 2.07. The molecule has 0 aliphatic carbocycles. The second-order valence-corrected chi connectivity index (χ2v) is 3.65. The van der Waals surface area contributed by atoms with Crippen LogP contribution in [0.2, 0.25) is 0 Å². The normalized spacial score (nSPS) is 11.3. The molecule has 3 N–H and O–H groups in total. The zero-order chi connectivity index (χ0) is 12.8. The van der Waals surface area contributed by atoms with Gasteiger partial charge in [0, 0.05) is 13.6 Å². The average Bonchev–Trinajstić information content (AvgIpc) is 2.28. The van der Waals surface area contributed by atoms with Crippen molar-refractivity contribution in [3.8, 4) is 0 Å². The first kappa shape index (κ1) is 13.0. The zero-order valence-corrected chi connectivity index (χ0v) is 9.43. The van der Waals surface area contributed by atoms with Crippen LogP contribution in [0.1, 0.15) is 12.0 Å². The summed E-state index contributed by atoms with van der Waals surface area (Å²) < 4.78 is 12.9. The molecular formula is C11H14FN3O2. The molecule has 0 aromatic heterocycles. The summed E-state index contributed by atoms with van der Waals surface area (Å²) in [5.41, 5.74) is 5.90. The van der Waals surface area contributed by atoms with Gasteiger partial charge in [-0.1, -0.05) is 17.3 Å². The highest BCUT2D eigenvalue weighted by atomic mass is 19.1. The highest BCUT2D eigenvalue weighted by Gasteiger charge is 2.11. The minimum absolute atomic E-state index is 0.152. The lowest BCUT2D eigenvalue weighted by Gasteiger charge is -2.16. The molecule has 0 unspecified atom stereocenters. The average molecular weight is 239 g/mol. The van der Waals surface area contributed by atoms with Crippen molar-refractivity contribution in [2.45, 2.75) is 13.0 Å². The number of carbonyl (C=O) groups excluding carboxylic acids is 1. The van der Waals surface area contributed by atoms with Gasteiger partial charge in [-0.05, 0) is 17.7 Å². The molecule has 0 spiro atoms. The molecule has 0 fully saturated rings. The molecule has 92 valence electrons. The standard InChI is InChI=1S/C11H14FN3O2/c1-15(11(16)6-10(13)14-17)7-8-3-2-4-9(12)5-8/h2-5,17H,6-7H2,1H3,(H2,13,14). The Morgan fingerprint density at radius 1 is 1.59 bits per heavy atom. The van der Waals surface area contributed by atoms with Crippen LogP contribution < -0.4 is 5.73 Å². The molecule has 0 atom stereocenters. The van der Waals surface area contributed by atoms with E-state index in [2.05, 4.69) is 5.16 Å². The van der Waals surface area contributed by atoms with Gasteiger partial charge in [0.25, 0.3) is 0 Å². The fraction of sp³-hybridized carbons (Fsp3) is 0.273. The van der Waals surface area contributed by atoms with Crippen LogP contribution in [0.25, 0.3) is 0 Å². The van der Waals surface area contributed by atoms with Gasteiger partial charge in [0.1, 0.15) is 11.7 Å². The lowest BCUT2D eigenvalue weighted by Crippen LogP contribution is -2.30. The SMILES string of the molecule is CN(Cc1cccc(F)c1)C(=O)C/C(N)=N/O. The molecule has 1 aromatic rings. The van der Waals surface area contributed by atoms with Gasteiger partial charge in [-0.25, -0.2) is 4.39 Å². The summed E-state index contributed by atoms with van der Waals surface area (Å²) in [6.45, 7) is 0.273. The molecule has 0 aliphatic heterocycles. The number of hydrogen-bond donors (Lipinski definition) is 2. The molecule has 0 heterocycles. The van der Waals surface area contributed by atoms with Crippen molar-refractivity contribution in [3.05, 3.63) is 35.6 Å². The Bertz CT molecular complexity index is 434. The summed E-state index contributed by atoms with van der Waals surface area (Å²) in [4.78, 5) is 12.9. The number of rotatable bonds is 4. The van der Waals surface area contributed by atoms with Crippen LogP contribution in [0, 0.1) is 5.82 Å². The Morgan fingerprint density at radius 2 is 2.29 bits per heavy atom. The monoisotopic (exact) mass is 239 g/mol. The smallest absolute Gasteiger partial charge is 0.230 e. The Balaban J connectivity index is 2.60. The molecule has 0 saturated heterocycles. The summed E-state index contributed by atoms with van der Waals surface area (Å²) in [5.74, 6) is -0.801. The van der Waals surface area contributed by atoms with Gasteiger partial charge in [0.2, 0.25) is 5.91 Å². The summed E-state index contributed by atoms with van der Waals surface area (Å²) in [6, 6.07) is 5.98. The molecule has 6 heteroatoms. The van der Waals surface area contributed by atoms with E-state index in [-0.39, 0.29) is 30.5 Å². The van der Waals surface area contributed by atoms with E-state index in [1.807, 2.05) is 0 Å². The minimum Gasteiger partial charge on any atom is -0.409 e. The maximum absolute atomic E-state index is 12.9. The maximum Gasteiger partial charge on any atom is 0.230 e. The van der Waals surface area contributed by atoms with Crippen LogP contribution in [-0.4, -0.2) is 28.9 Å². The van der Waals surface area contributed by atoms with E-state index in [9.17, 15) is 9.18 Å². The predicted octanol–water partition coefficient (Wildman–Crippen LogP) is 0.921. The summed E-state index contributed by atoms with van der Waals surface area (Å²) in [6.07, 6.45) is -0.164. The largest absolute Gasteiger partial charge is 0.409 e. The number of nitrogens with zero attached hydrogens (tertiary/aromatic N) is 2. The first-order valence-electron chi connectivity index (χ1n) is 4.97. The maximum atomic E-state index is 12.9. The Morgan fingerprint density at radius 3 is 2.88 bits per heavy atom. The van der Waals surface area contributed by atoms with Crippen molar-refractivity contribution in [1.82, 2.24) is 4.90 Å². The van der Waals surface area contributed by atoms with Crippen LogP contribution in [0.4, 0.5) is 4.39 Å². The van der Waals surface area contributed by atoms with E-state index >= 15 is 0 Å². The van der Waals surface area contributed by atoms with Crippen LogP contribution >= 0.6 is 0 Å². The molecule has 0 saturated carbocycles. The van der Waals surface area contributed by atoms with Gasteiger partial charge < -0.3 is 15.8 Å². The number of benzene rings is 1. The van der Waals surface area contributed by atoms with Crippen LogP contribution in [0.5, 0.6) is 0 Å². The van der Waals surface area contributed by atoms with E-state index in [0.29, 0.717) is 5.56 Å². The Labute approximate surface area is 98.3 Å². The molecule has 17 heavy (non-hydrogen) atoms. The van der Waals surface area contributed by atoms with Crippen molar-refractivity contribution < 1.29 is 14.4 Å². The van der Waals surface area contributed by atoms with E-state index < -0.39 is 0 Å². The van der Waals surface area contributed by atoms with E-state index in [0.717, 1.165) is 0 Å². The predicted molar refractivity (Wildman–Crippen MR) is 60.9 cm³/mol. The zero-order valence-electron chi connectivity index (χ0n) is 9.43. The van der Waals surface area contributed by atoms with Crippen molar-refractivity contribution in [2.24, 2.45) is 10.9 Å². The third kappa shape index (κ3) is 4.10. The van der Waals surface area contributed by atoms with Crippen molar-refractivity contribution in [1.29, 1.82) is 0 Å². The lowest BCUT2D eigenvalue weighted by molar-refractivity contribution is -0.129. The number of amidine groups is 1. The van der Waals surface area contributed by atoms with E-state index in [1.54, 1.807) is 19.2 Å². The van der Waals surface area contributed by atoms with Gasteiger partial charge in [-0.2, -0.15) is 0 Å². The summed E-state index contributed by atoms with van der Waals surface area (Å²) >= 11 is 0. The van der Waals surface area contributed by atoms with Gasteiger partial charge >= 0.3 is 0 Å². The summed E-state index contributed by atoms with van der Waals surface area (Å²) in [7, 11) is 1.57. The second-order valence-electron chi connectivity index (χ2n) is 3.65. The lowest BCUT2D eigenvalue weighted by atomic mass is 10.2. The van der Waals surface area contributed by atoms with Gasteiger partial charge in [0.05, 0.1) is 6.42 Å². The number of hydrogen-bond acceptors (Lipinski definition) is 3. The second kappa shape index (κ2) is 5.83. The van der Waals surface area contributed by atoms with Crippen molar-refractivity contribution in [3.63, 3.8) is 0 Å². The molecule has 1 rings (SSSR count). The highest BCUT2D eigenvalue weighted by molar-refractivity contribution is 5.98. The van der Waals surface area contributed by atoms with E-state index in [4.69, 9.17) is 10.9 Å². The number of nitrogens with two attached hydrogens (primary N) is 1. The third-order valence-corrected chi connectivity index (χ3v) is 2.20. The first-order valence-corrected chi connectivity index (χ1v) is 4.97. The first-order chi connectivity index (χ1) is 8.02. The van der Waals surface area contributed by atoms with Crippen molar-refractivity contribution in [2.75, 3.05) is 7.05 Å². The van der Waals surface area contributed by atoms with Gasteiger partial charge in [0.15, 0.2) is 0 Å². The number of halogens is 1. The van der Waals surface area contributed by atoms with Crippen LogP contribution in [0.15, 0.2) is 29.4 Å². The molecule has 1 amide bonds. The fourth-order valence-corrected chi connectivity index (χ4v) is 1.32. The fourth-order valence-electron chi connectivity index (χ4n) is 1.32. The third-order valence-electron chi connectivity index (χ3n) is 2.20. The minimum atomic E-state index is -0.347. The molecule has 0 aliphatic rings. The number of carbonyl (C=O) groups is 1. The van der Waals surface area contributed by atoms with Crippen LogP contribution in [-0.2, 0) is 11.3 Å². The van der Waals surface area contributed by atoms with Crippen LogP contribution in [0.3, 0.4) is 0 Å². The van der Waals surface area contributed by atoms with E-state index in [1.165, 1.54) is 17.0 Å². The Kier molecular flexibility index (Phi) is 4.45. The number of oxime groups is 1. The van der Waals surface area contributed by atoms with Gasteiger partial charge in [-0.3, -0.25) is 4.79 Å². The van der Waals surface area contributed by atoms with Gasteiger partial charge in [-0.15, -0.1) is 0 Å². The van der Waals surface area contributed by atoms with Crippen molar-refractivity contribution >= 4 is 11.7 Å². The molecule has 0 radical (unpaired) electrons. The molecular weight excluding hydrogens is 225 g/mol.